The van der Waals surface area contributed by atoms with E-state index < -0.39 is 11.6 Å². The molecule has 0 radical (unpaired) electrons. The summed E-state index contributed by atoms with van der Waals surface area (Å²) >= 11 is 0. The highest BCUT2D eigenvalue weighted by Gasteiger charge is 2.23. The summed E-state index contributed by atoms with van der Waals surface area (Å²) in [5.41, 5.74) is 0.398. The van der Waals surface area contributed by atoms with E-state index in [0.717, 1.165) is 11.6 Å². The first-order chi connectivity index (χ1) is 7.89. The van der Waals surface area contributed by atoms with E-state index in [1.807, 2.05) is 13.8 Å². The van der Waals surface area contributed by atoms with Crippen molar-refractivity contribution in [2.75, 3.05) is 14.2 Å². The van der Waals surface area contributed by atoms with Crippen molar-refractivity contribution in [2.24, 2.45) is 0 Å². The molecule has 0 saturated carbocycles. The monoisotopic (exact) mass is 243 g/mol. The van der Waals surface area contributed by atoms with E-state index in [9.17, 15) is 8.78 Å². The van der Waals surface area contributed by atoms with Gasteiger partial charge in [0.1, 0.15) is 0 Å². The van der Waals surface area contributed by atoms with Crippen LogP contribution in [0.5, 0.6) is 0 Å². The minimum atomic E-state index is -0.824. The van der Waals surface area contributed by atoms with Crippen LogP contribution in [0, 0.1) is 11.6 Å². The number of nitrogens with one attached hydrogen (secondary N) is 1. The number of hydrogen-bond donors (Lipinski definition) is 1. The lowest BCUT2D eigenvalue weighted by Crippen LogP contribution is -2.30. The summed E-state index contributed by atoms with van der Waals surface area (Å²) in [6.07, 6.45) is 0.672. The number of hydrogen-bond acceptors (Lipinski definition) is 2. The van der Waals surface area contributed by atoms with E-state index in [-0.39, 0.29) is 11.6 Å². The fourth-order valence-corrected chi connectivity index (χ4v) is 1.69. The Labute approximate surface area is 101 Å². The molecule has 1 unspecified atom stereocenters. The first-order valence-electron chi connectivity index (χ1n) is 5.57. The fraction of sp³-hybridized carbons (Fsp3) is 0.538. The van der Waals surface area contributed by atoms with E-state index in [0.29, 0.717) is 6.42 Å². The number of ether oxygens (including phenoxy) is 1. The number of methoxy groups -OCH3 is 1. The first kappa shape index (κ1) is 14.1. The molecule has 0 aromatic heterocycles. The molecule has 1 N–H and O–H groups in total. The van der Waals surface area contributed by atoms with Crippen LogP contribution in [0.2, 0.25) is 0 Å². The summed E-state index contributed by atoms with van der Waals surface area (Å²) in [4.78, 5) is 0. The van der Waals surface area contributed by atoms with Gasteiger partial charge in [-0.1, -0.05) is 6.07 Å². The van der Waals surface area contributed by atoms with Gasteiger partial charge in [-0.25, -0.2) is 8.78 Å². The third-order valence-corrected chi connectivity index (χ3v) is 2.94. The van der Waals surface area contributed by atoms with E-state index in [1.165, 1.54) is 6.07 Å². The van der Waals surface area contributed by atoms with Gasteiger partial charge in [-0.15, -0.1) is 0 Å². The smallest absolute Gasteiger partial charge is 0.159 e. The van der Waals surface area contributed by atoms with E-state index in [1.54, 1.807) is 20.2 Å². The molecule has 1 atom stereocenters. The Balaban J connectivity index is 2.90. The van der Waals surface area contributed by atoms with Gasteiger partial charge in [0.15, 0.2) is 11.6 Å². The normalized spacial score (nSPS) is 13.8. The third kappa shape index (κ3) is 3.75. The molecule has 0 aliphatic carbocycles. The number of halogens is 2. The van der Waals surface area contributed by atoms with Gasteiger partial charge in [0.2, 0.25) is 0 Å². The van der Waals surface area contributed by atoms with Crippen molar-refractivity contribution in [1.82, 2.24) is 5.32 Å². The zero-order chi connectivity index (χ0) is 13.1. The average molecular weight is 243 g/mol. The van der Waals surface area contributed by atoms with Crippen LogP contribution in [-0.2, 0) is 4.74 Å². The Morgan fingerprint density at radius 1 is 1.29 bits per heavy atom. The SMILES string of the molecule is CNC(CC(C)(C)OC)c1ccc(F)c(F)c1. The highest BCUT2D eigenvalue weighted by atomic mass is 19.2. The molecular formula is C13H19F2NO. The van der Waals surface area contributed by atoms with Crippen LogP contribution in [0.3, 0.4) is 0 Å². The van der Waals surface area contributed by atoms with Crippen molar-refractivity contribution >= 4 is 0 Å². The van der Waals surface area contributed by atoms with Gasteiger partial charge < -0.3 is 10.1 Å². The summed E-state index contributed by atoms with van der Waals surface area (Å²) in [5.74, 6) is -1.65. The molecule has 0 amide bonds. The zero-order valence-corrected chi connectivity index (χ0v) is 10.7. The quantitative estimate of drug-likeness (QED) is 0.858. The van der Waals surface area contributed by atoms with Gasteiger partial charge in [0, 0.05) is 13.2 Å². The Bertz CT molecular complexity index is 380. The predicted molar refractivity (Wildman–Crippen MR) is 63.9 cm³/mol. The molecule has 0 saturated heterocycles. The minimum Gasteiger partial charge on any atom is -0.379 e. The maximum Gasteiger partial charge on any atom is 0.159 e. The van der Waals surface area contributed by atoms with Gasteiger partial charge in [0.05, 0.1) is 5.60 Å². The van der Waals surface area contributed by atoms with Crippen molar-refractivity contribution in [1.29, 1.82) is 0 Å². The molecule has 2 nitrogen and oxygen atoms in total. The lowest BCUT2D eigenvalue weighted by atomic mass is 9.93. The van der Waals surface area contributed by atoms with Crippen molar-refractivity contribution in [3.8, 4) is 0 Å². The van der Waals surface area contributed by atoms with Crippen molar-refractivity contribution in [2.45, 2.75) is 31.9 Å². The molecule has 0 heterocycles. The van der Waals surface area contributed by atoms with Crippen LogP contribution in [0.4, 0.5) is 8.78 Å². The molecule has 17 heavy (non-hydrogen) atoms. The standard InChI is InChI=1S/C13H19F2NO/c1-13(2,17-4)8-12(16-3)9-5-6-10(14)11(15)7-9/h5-7,12,16H,8H2,1-4H3. The molecular weight excluding hydrogens is 224 g/mol. The zero-order valence-electron chi connectivity index (χ0n) is 10.7. The second-order valence-electron chi connectivity index (χ2n) is 4.68. The Morgan fingerprint density at radius 2 is 1.94 bits per heavy atom. The van der Waals surface area contributed by atoms with Crippen LogP contribution >= 0.6 is 0 Å². The summed E-state index contributed by atoms with van der Waals surface area (Å²) in [7, 11) is 3.43. The van der Waals surface area contributed by atoms with Crippen LogP contribution in [0.15, 0.2) is 18.2 Å². The Kier molecular flexibility index (Phi) is 4.60. The van der Waals surface area contributed by atoms with Crippen molar-refractivity contribution < 1.29 is 13.5 Å². The fourth-order valence-electron chi connectivity index (χ4n) is 1.69. The van der Waals surface area contributed by atoms with Crippen molar-refractivity contribution in [3.05, 3.63) is 35.4 Å². The topological polar surface area (TPSA) is 21.3 Å². The van der Waals surface area contributed by atoms with Gasteiger partial charge >= 0.3 is 0 Å². The molecule has 0 spiro atoms. The molecule has 1 aromatic carbocycles. The van der Waals surface area contributed by atoms with Crippen LogP contribution in [-0.4, -0.2) is 19.8 Å². The lowest BCUT2D eigenvalue weighted by Gasteiger charge is -2.28. The van der Waals surface area contributed by atoms with Crippen LogP contribution in [0.25, 0.3) is 0 Å². The van der Waals surface area contributed by atoms with Gasteiger partial charge in [-0.3, -0.25) is 0 Å². The first-order valence-corrected chi connectivity index (χ1v) is 5.57. The highest BCUT2D eigenvalue weighted by molar-refractivity contribution is 5.21. The molecule has 0 aliphatic rings. The van der Waals surface area contributed by atoms with Crippen LogP contribution in [0.1, 0.15) is 31.9 Å². The third-order valence-electron chi connectivity index (χ3n) is 2.94. The second-order valence-corrected chi connectivity index (χ2v) is 4.68. The molecule has 0 fully saturated rings. The largest absolute Gasteiger partial charge is 0.379 e. The highest BCUT2D eigenvalue weighted by Crippen LogP contribution is 2.26. The second kappa shape index (κ2) is 5.56. The molecule has 0 bridgehead atoms. The maximum atomic E-state index is 13.2. The molecule has 1 rings (SSSR count). The number of benzene rings is 1. The minimum absolute atomic E-state index is 0.0694. The lowest BCUT2D eigenvalue weighted by molar-refractivity contribution is 0.00741. The van der Waals surface area contributed by atoms with Gasteiger partial charge in [0.25, 0.3) is 0 Å². The summed E-state index contributed by atoms with van der Waals surface area (Å²) in [6, 6.07) is 3.89. The van der Waals surface area contributed by atoms with E-state index in [4.69, 9.17) is 4.74 Å². The molecule has 0 aliphatic heterocycles. The molecule has 4 heteroatoms. The van der Waals surface area contributed by atoms with E-state index >= 15 is 0 Å². The van der Waals surface area contributed by atoms with Crippen molar-refractivity contribution in [3.63, 3.8) is 0 Å². The Morgan fingerprint density at radius 3 is 2.41 bits per heavy atom. The van der Waals surface area contributed by atoms with E-state index in [2.05, 4.69) is 5.32 Å². The summed E-state index contributed by atoms with van der Waals surface area (Å²) in [5, 5.41) is 3.09. The summed E-state index contributed by atoms with van der Waals surface area (Å²) < 4.78 is 31.3. The molecule has 96 valence electrons. The number of rotatable bonds is 5. The van der Waals surface area contributed by atoms with Gasteiger partial charge in [-0.2, -0.15) is 0 Å². The average Bonchev–Trinajstić information content (AvgIpc) is 2.30. The van der Waals surface area contributed by atoms with Crippen LogP contribution < -0.4 is 5.32 Å². The summed E-state index contributed by atoms with van der Waals surface area (Å²) in [6.45, 7) is 3.91. The maximum absolute atomic E-state index is 13.2. The predicted octanol–water partition coefficient (Wildman–Crippen LogP) is 3.04. The Hall–Kier alpha value is -1.00. The van der Waals surface area contributed by atoms with Gasteiger partial charge in [-0.05, 0) is 45.0 Å². The molecule has 1 aromatic rings.